The Morgan fingerprint density at radius 3 is 2.73 bits per heavy atom. The Kier molecular flexibility index (Phi) is 5.32. The van der Waals surface area contributed by atoms with E-state index in [-0.39, 0.29) is 0 Å². The fourth-order valence-corrected chi connectivity index (χ4v) is 1.71. The molecule has 0 aliphatic rings. The van der Waals surface area contributed by atoms with Gasteiger partial charge in [-0.15, -0.1) is 0 Å². The van der Waals surface area contributed by atoms with Gasteiger partial charge in [-0.3, -0.25) is 0 Å². The molecule has 4 nitrogen and oxygen atoms in total. The minimum absolute atomic E-state index is 0.354. The molecule has 0 aliphatic heterocycles. The molecule has 1 aromatic rings. The summed E-state index contributed by atoms with van der Waals surface area (Å²) in [5.74, 6) is 0.782. The maximum Gasteiger partial charge on any atom is 0.0993 e. The molecule has 1 unspecified atom stereocenters. The number of aromatic amines is 1. The number of nitrogens with one attached hydrogen (secondary N) is 2. The number of aromatic nitrogens is 3. The monoisotopic (exact) mass is 210 g/mol. The average Bonchev–Trinajstić information content (AvgIpc) is 2.68. The molecule has 0 radical (unpaired) electrons. The first-order valence-corrected chi connectivity index (χ1v) is 5.83. The van der Waals surface area contributed by atoms with E-state index in [1.54, 1.807) is 0 Å². The Morgan fingerprint density at radius 1 is 1.40 bits per heavy atom. The largest absolute Gasteiger partial charge is 0.309 e. The van der Waals surface area contributed by atoms with Gasteiger partial charge in [-0.1, -0.05) is 33.6 Å². The van der Waals surface area contributed by atoms with E-state index >= 15 is 0 Å². The van der Waals surface area contributed by atoms with Gasteiger partial charge in [0.2, 0.25) is 0 Å². The molecule has 15 heavy (non-hydrogen) atoms. The summed E-state index contributed by atoms with van der Waals surface area (Å²) < 4.78 is 0. The van der Waals surface area contributed by atoms with Gasteiger partial charge in [0.25, 0.3) is 0 Å². The van der Waals surface area contributed by atoms with Crippen molar-refractivity contribution in [1.82, 2.24) is 20.7 Å². The van der Waals surface area contributed by atoms with Gasteiger partial charge < -0.3 is 5.32 Å². The van der Waals surface area contributed by atoms with Crippen molar-refractivity contribution in [3.8, 4) is 0 Å². The highest BCUT2D eigenvalue weighted by Gasteiger charge is 2.12. The molecule has 0 aromatic carbocycles. The molecule has 0 saturated heterocycles. The average molecular weight is 210 g/mol. The van der Waals surface area contributed by atoms with E-state index in [1.165, 1.54) is 12.8 Å². The second-order valence-corrected chi connectivity index (χ2v) is 4.33. The molecule has 86 valence electrons. The highest BCUT2D eigenvalue weighted by molar-refractivity contribution is 4.99. The summed E-state index contributed by atoms with van der Waals surface area (Å²) in [5, 5.41) is 14.1. The van der Waals surface area contributed by atoms with Crippen molar-refractivity contribution in [3.63, 3.8) is 0 Å². The van der Waals surface area contributed by atoms with Crippen LogP contribution in [0.1, 0.15) is 51.8 Å². The van der Waals surface area contributed by atoms with Gasteiger partial charge in [-0.25, -0.2) is 0 Å². The minimum atomic E-state index is 0.354. The summed E-state index contributed by atoms with van der Waals surface area (Å²) in [6.45, 7) is 7.62. The third-order valence-electron chi connectivity index (χ3n) is 2.52. The van der Waals surface area contributed by atoms with Crippen LogP contribution in [0.3, 0.4) is 0 Å². The molecule has 0 fully saturated rings. The topological polar surface area (TPSA) is 53.6 Å². The maximum absolute atomic E-state index is 4.13. The quantitative estimate of drug-likeness (QED) is 0.726. The molecule has 1 rings (SSSR count). The van der Waals surface area contributed by atoms with Crippen LogP contribution in [-0.4, -0.2) is 22.0 Å². The third kappa shape index (κ3) is 4.42. The smallest absolute Gasteiger partial charge is 0.0993 e. The van der Waals surface area contributed by atoms with Crippen LogP contribution in [0, 0.1) is 5.92 Å². The fraction of sp³-hybridized carbons (Fsp3) is 0.818. The Balaban J connectivity index is 2.38. The number of hydrogen-bond acceptors (Lipinski definition) is 3. The molecule has 0 spiro atoms. The van der Waals surface area contributed by atoms with E-state index in [0.29, 0.717) is 6.04 Å². The van der Waals surface area contributed by atoms with Crippen molar-refractivity contribution < 1.29 is 0 Å². The summed E-state index contributed by atoms with van der Waals surface area (Å²) in [5.41, 5.74) is 1.03. The minimum Gasteiger partial charge on any atom is -0.309 e. The van der Waals surface area contributed by atoms with Gasteiger partial charge in [-0.2, -0.15) is 15.4 Å². The van der Waals surface area contributed by atoms with Crippen molar-refractivity contribution in [1.29, 1.82) is 0 Å². The number of hydrogen-bond donors (Lipinski definition) is 2. The maximum atomic E-state index is 4.13. The zero-order chi connectivity index (χ0) is 11.1. The second-order valence-electron chi connectivity index (χ2n) is 4.33. The van der Waals surface area contributed by atoms with Crippen molar-refractivity contribution >= 4 is 0 Å². The van der Waals surface area contributed by atoms with Crippen LogP contribution in [0.25, 0.3) is 0 Å². The predicted octanol–water partition coefficient (Wildman–Crippen LogP) is 2.28. The molecule has 1 aromatic heterocycles. The van der Waals surface area contributed by atoms with Gasteiger partial charge in [0.05, 0.1) is 17.9 Å². The molecule has 1 heterocycles. The Morgan fingerprint density at radius 2 is 2.20 bits per heavy atom. The van der Waals surface area contributed by atoms with Crippen LogP contribution < -0.4 is 5.32 Å². The standard InChI is InChI=1S/C11H22N4/c1-4-12-10(7-5-6-9(2)3)11-8-13-15-14-11/h8-10,12H,4-7H2,1-3H3,(H,13,14,15). The summed E-state index contributed by atoms with van der Waals surface area (Å²) in [6.07, 6.45) is 5.46. The lowest BCUT2D eigenvalue weighted by atomic mass is 10.0. The molecule has 0 bridgehead atoms. The van der Waals surface area contributed by atoms with E-state index in [9.17, 15) is 0 Å². The molecule has 0 saturated carbocycles. The van der Waals surface area contributed by atoms with Gasteiger partial charge in [0.1, 0.15) is 0 Å². The fourth-order valence-electron chi connectivity index (χ4n) is 1.71. The summed E-state index contributed by atoms with van der Waals surface area (Å²) in [6, 6.07) is 0.354. The first-order chi connectivity index (χ1) is 7.24. The molecule has 1 atom stereocenters. The summed E-state index contributed by atoms with van der Waals surface area (Å²) in [7, 11) is 0. The molecule has 0 aliphatic carbocycles. The zero-order valence-electron chi connectivity index (χ0n) is 9.95. The zero-order valence-corrected chi connectivity index (χ0v) is 9.95. The van der Waals surface area contributed by atoms with E-state index in [0.717, 1.165) is 24.6 Å². The van der Waals surface area contributed by atoms with E-state index < -0.39 is 0 Å². The van der Waals surface area contributed by atoms with Crippen molar-refractivity contribution in [3.05, 3.63) is 11.9 Å². The van der Waals surface area contributed by atoms with E-state index in [4.69, 9.17) is 0 Å². The van der Waals surface area contributed by atoms with Crippen molar-refractivity contribution in [2.75, 3.05) is 6.54 Å². The van der Waals surface area contributed by atoms with Crippen LogP contribution >= 0.6 is 0 Å². The van der Waals surface area contributed by atoms with Crippen molar-refractivity contribution in [2.24, 2.45) is 5.92 Å². The molecular formula is C11H22N4. The number of rotatable bonds is 7. The van der Waals surface area contributed by atoms with Gasteiger partial charge >= 0.3 is 0 Å². The highest BCUT2D eigenvalue weighted by atomic mass is 15.3. The third-order valence-corrected chi connectivity index (χ3v) is 2.52. The Labute approximate surface area is 91.9 Å². The molecule has 4 heteroatoms. The first kappa shape index (κ1) is 12.2. The van der Waals surface area contributed by atoms with Crippen LogP contribution in [0.5, 0.6) is 0 Å². The Bertz CT molecular complexity index is 243. The molecular weight excluding hydrogens is 188 g/mol. The van der Waals surface area contributed by atoms with Crippen LogP contribution in [0.2, 0.25) is 0 Å². The van der Waals surface area contributed by atoms with Crippen LogP contribution in [-0.2, 0) is 0 Å². The highest BCUT2D eigenvalue weighted by Crippen LogP contribution is 2.18. The first-order valence-electron chi connectivity index (χ1n) is 5.83. The van der Waals surface area contributed by atoms with Crippen LogP contribution in [0.4, 0.5) is 0 Å². The predicted molar refractivity (Wildman–Crippen MR) is 61.5 cm³/mol. The lowest BCUT2D eigenvalue weighted by Gasteiger charge is -2.15. The molecule has 0 amide bonds. The lowest BCUT2D eigenvalue weighted by Crippen LogP contribution is -2.21. The summed E-state index contributed by atoms with van der Waals surface area (Å²) >= 11 is 0. The van der Waals surface area contributed by atoms with E-state index in [2.05, 4.69) is 41.5 Å². The van der Waals surface area contributed by atoms with Gasteiger partial charge in [-0.05, 0) is 18.9 Å². The second kappa shape index (κ2) is 6.56. The number of nitrogens with zero attached hydrogens (tertiary/aromatic N) is 2. The van der Waals surface area contributed by atoms with Gasteiger partial charge in [0.15, 0.2) is 0 Å². The SMILES string of the molecule is CCNC(CCCC(C)C)c1cn[nH]n1. The molecule has 2 N–H and O–H groups in total. The normalized spacial score (nSPS) is 13.3. The van der Waals surface area contributed by atoms with Crippen LogP contribution in [0.15, 0.2) is 6.20 Å². The lowest BCUT2D eigenvalue weighted by molar-refractivity contribution is 0.448. The van der Waals surface area contributed by atoms with Gasteiger partial charge in [0, 0.05) is 0 Å². The van der Waals surface area contributed by atoms with E-state index in [1.807, 2.05) is 6.20 Å². The Hall–Kier alpha value is -0.900. The van der Waals surface area contributed by atoms with Crippen molar-refractivity contribution in [2.45, 2.75) is 46.1 Å². The number of H-pyrrole nitrogens is 1. The summed E-state index contributed by atoms with van der Waals surface area (Å²) in [4.78, 5) is 0.